The summed E-state index contributed by atoms with van der Waals surface area (Å²) in [6, 6.07) is 7.61. The normalized spacial score (nSPS) is 23.5. The van der Waals surface area contributed by atoms with Gasteiger partial charge in [0.05, 0.1) is 17.4 Å². The van der Waals surface area contributed by atoms with Crippen molar-refractivity contribution in [3.8, 4) is 28.6 Å². The minimum atomic E-state index is -1.37. The Morgan fingerprint density at radius 3 is 2.62 bits per heavy atom. The molecule has 0 aliphatic carbocycles. The Kier molecular flexibility index (Phi) is 6.47. The molecule has 37 heavy (non-hydrogen) atoms. The largest absolute Gasteiger partial charge is 0.507 e. The topological polar surface area (TPSA) is 115 Å². The van der Waals surface area contributed by atoms with Gasteiger partial charge in [0.25, 0.3) is 0 Å². The van der Waals surface area contributed by atoms with Crippen LogP contribution in [0.4, 0.5) is 9.18 Å². The third-order valence-corrected chi connectivity index (χ3v) is 6.66. The first kappa shape index (κ1) is 24.9. The summed E-state index contributed by atoms with van der Waals surface area (Å²) in [6.07, 6.45) is 1.52. The van der Waals surface area contributed by atoms with Gasteiger partial charge in [-0.05, 0) is 65.2 Å². The van der Waals surface area contributed by atoms with Crippen LogP contribution in [0.2, 0.25) is 0 Å². The fraction of sp³-hybridized carbons (Fsp3) is 0.500. The molecule has 196 valence electrons. The van der Waals surface area contributed by atoms with Crippen molar-refractivity contribution in [3.05, 3.63) is 42.5 Å². The monoisotopic (exact) mass is 510 g/mol. The lowest BCUT2D eigenvalue weighted by Crippen LogP contribution is -2.63. The zero-order valence-corrected chi connectivity index (χ0v) is 21.3. The first-order valence-electron chi connectivity index (χ1n) is 12.5. The van der Waals surface area contributed by atoms with Gasteiger partial charge in [0, 0.05) is 30.2 Å². The molecule has 2 aromatic heterocycles. The van der Waals surface area contributed by atoms with Crippen LogP contribution in [0.3, 0.4) is 0 Å². The standard InChI is InChI=1S/C26H31FN6O4/c1-15-28-14-32(31-15)16-8-9-18(21(34)12-16)19-10-11-23(30-29-19)36-22-13-17-6-5-7-20(24(22)27)33(17)25(35)37-26(2,3)4/h8-12,14,17,20,22,24,34H,5-7,13H2,1-4H3/t17?,20?,22-,24+/m1/s1. The van der Waals surface area contributed by atoms with Gasteiger partial charge in [-0.1, -0.05) is 0 Å². The van der Waals surface area contributed by atoms with E-state index in [0.29, 0.717) is 35.6 Å². The lowest BCUT2D eigenvalue weighted by molar-refractivity contribution is -0.0802. The Labute approximate surface area is 214 Å². The molecular weight excluding hydrogens is 479 g/mol. The highest BCUT2D eigenvalue weighted by atomic mass is 19.1. The van der Waals surface area contributed by atoms with Crippen LogP contribution in [0.15, 0.2) is 36.7 Å². The van der Waals surface area contributed by atoms with Gasteiger partial charge in [0.2, 0.25) is 5.88 Å². The number of ether oxygens (including phenoxy) is 2. The van der Waals surface area contributed by atoms with E-state index < -0.39 is 30.0 Å². The Hall–Kier alpha value is -3.76. The lowest BCUT2D eigenvalue weighted by atomic mass is 9.82. The number of aryl methyl sites for hydroxylation is 1. The van der Waals surface area contributed by atoms with Crippen LogP contribution < -0.4 is 4.74 Å². The van der Waals surface area contributed by atoms with Crippen molar-refractivity contribution in [1.29, 1.82) is 0 Å². The van der Waals surface area contributed by atoms with Gasteiger partial charge >= 0.3 is 6.09 Å². The van der Waals surface area contributed by atoms with Gasteiger partial charge in [-0.15, -0.1) is 10.2 Å². The van der Waals surface area contributed by atoms with Crippen LogP contribution in [0.1, 0.15) is 52.3 Å². The van der Waals surface area contributed by atoms with E-state index in [9.17, 15) is 9.90 Å². The molecule has 1 amide bonds. The molecule has 0 saturated carbocycles. The number of amides is 1. The number of alkyl halides is 1. The third-order valence-electron chi connectivity index (χ3n) is 6.66. The number of carbonyl (C=O) groups excluding carboxylic acids is 1. The van der Waals surface area contributed by atoms with Gasteiger partial charge in [-0.3, -0.25) is 4.90 Å². The predicted octanol–water partition coefficient (Wildman–Crippen LogP) is 4.39. The molecule has 5 rings (SSSR count). The molecule has 1 aromatic carbocycles. The number of hydrogen-bond donors (Lipinski definition) is 1. The molecule has 3 aromatic rings. The van der Waals surface area contributed by atoms with Crippen molar-refractivity contribution in [1.82, 2.24) is 29.9 Å². The summed E-state index contributed by atoms with van der Waals surface area (Å²) in [5.74, 6) is 0.828. The van der Waals surface area contributed by atoms with Crippen LogP contribution in [0, 0.1) is 6.92 Å². The predicted molar refractivity (Wildman–Crippen MR) is 132 cm³/mol. The molecule has 2 fully saturated rings. The SMILES string of the molecule is Cc1ncn(-c2ccc(-c3ccc(O[C@@H]4CC5CCCC([C@@H]4F)N5C(=O)OC(C)(C)C)nn3)c(O)c2)n1. The van der Waals surface area contributed by atoms with Gasteiger partial charge in [0.1, 0.15) is 29.6 Å². The molecule has 2 saturated heterocycles. The van der Waals surface area contributed by atoms with E-state index in [0.717, 1.165) is 12.8 Å². The Morgan fingerprint density at radius 1 is 1.16 bits per heavy atom. The molecule has 4 atom stereocenters. The summed E-state index contributed by atoms with van der Waals surface area (Å²) in [5.41, 5.74) is 0.946. The molecule has 2 aliphatic heterocycles. The van der Waals surface area contributed by atoms with E-state index in [-0.39, 0.29) is 17.7 Å². The third kappa shape index (κ3) is 5.21. The zero-order valence-electron chi connectivity index (χ0n) is 21.3. The average Bonchev–Trinajstić information content (AvgIpc) is 3.28. The van der Waals surface area contributed by atoms with E-state index >= 15 is 4.39 Å². The van der Waals surface area contributed by atoms with Gasteiger partial charge in [0.15, 0.2) is 6.17 Å². The maximum Gasteiger partial charge on any atom is 0.410 e. The summed E-state index contributed by atoms with van der Waals surface area (Å²) in [6.45, 7) is 7.19. The van der Waals surface area contributed by atoms with Crippen molar-refractivity contribution < 1.29 is 23.8 Å². The highest BCUT2D eigenvalue weighted by Crippen LogP contribution is 2.38. The van der Waals surface area contributed by atoms with Crippen LogP contribution in [0.25, 0.3) is 16.9 Å². The van der Waals surface area contributed by atoms with E-state index in [4.69, 9.17) is 9.47 Å². The van der Waals surface area contributed by atoms with Gasteiger partial charge in [-0.2, -0.15) is 5.10 Å². The second-order valence-corrected chi connectivity index (χ2v) is 10.6. The minimum Gasteiger partial charge on any atom is -0.507 e. The van der Waals surface area contributed by atoms with Crippen molar-refractivity contribution in [2.45, 2.75) is 83.3 Å². The van der Waals surface area contributed by atoms with Crippen molar-refractivity contribution >= 4 is 6.09 Å². The molecule has 11 heteroatoms. The number of fused-ring (bicyclic) bond motifs is 2. The van der Waals surface area contributed by atoms with Crippen LogP contribution in [-0.4, -0.2) is 71.0 Å². The number of hydrogen-bond acceptors (Lipinski definition) is 8. The quantitative estimate of drug-likeness (QED) is 0.550. The van der Waals surface area contributed by atoms with Crippen molar-refractivity contribution in [2.24, 2.45) is 0 Å². The van der Waals surface area contributed by atoms with E-state index in [1.54, 1.807) is 73.9 Å². The highest BCUT2D eigenvalue weighted by molar-refractivity contribution is 5.70. The van der Waals surface area contributed by atoms with E-state index in [1.165, 1.54) is 0 Å². The number of aromatic nitrogens is 5. The molecule has 2 unspecified atom stereocenters. The highest BCUT2D eigenvalue weighted by Gasteiger charge is 2.49. The molecule has 0 spiro atoms. The second kappa shape index (κ2) is 9.60. The second-order valence-electron chi connectivity index (χ2n) is 10.6. The Bertz CT molecular complexity index is 1270. The number of piperidine rings is 2. The molecule has 10 nitrogen and oxygen atoms in total. The fourth-order valence-corrected chi connectivity index (χ4v) is 5.04. The molecule has 2 bridgehead atoms. The molecular formula is C26H31FN6O4. The van der Waals surface area contributed by atoms with Gasteiger partial charge in [-0.25, -0.2) is 18.9 Å². The molecule has 1 N–H and O–H groups in total. The number of nitrogens with zero attached hydrogens (tertiary/aromatic N) is 6. The number of benzene rings is 1. The van der Waals surface area contributed by atoms with Crippen molar-refractivity contribution in [2.75, 3.05) is 0 Å². The van der Waals surface area contributed by atoms with Gasteiger partial charge < -0.3 is 14.6 Å². The minimum absolute atomic E-state index is 0.0137. The number of carbonyl (C=O) groups is 1. The zero-order chi connectivity index (χ0) is 26.3. The molecule has 4 heterocycles. The maximum absolute atomic E-state index is 15.6. The fourth-order valence-electron chi connectivity index (χ4n) is 5.04. The lowest BCUT2D eigenvalue weighted by Gasteiger charge is -2.49. The Balaban J connectivity index is 1.28. The molecule has 2 aliphatic rings. The summed E-state index contributed by atoms with van der Waals surface area (Å²) in [4.78, 5) is 18.4. The number of aromatic hydroxyl groups is 1. The first-order valence-corrected chi connectivity index (χ1v) is 12.5. The summed E-state index contributed by atoms with van der Waals surface area (Å²) >= 11 is 0. The summed E-state index contributed by atoms with van der Waals surface area (Å²) in [7, 11) is 0. The van der Waals surface area contributed by atoms with Crippen LogP contribution in [-0.2, 0) is 4.74 Å². The summed E-state index contributed by atoms with van der Waals surface area (Å²) in [5, 5.41) is 23.1. The molecule has 0 radical (unpaired) electrons. The smallest absolute Gasteiger partial charge is 0.410 e. The first-order chi connectivity index (χ1) is 17.6. The maximum atomic E-state index is 15.6. The Morgan fingerprint density at radius 2 is 1.97 bits per heavy atom. The number of phenols is 1. The van der Waals surface area contributed by atoms with Crippen LogP contribution >= 0.6 is 0 Å². The average molecular weight is 511 g/mol. The van der Waals surface area contributed by atoms with E-state index in [2.05, 4.69) is 20.3 Å². The number of rotatable bonds is 4. The van der Waals surface area contributed by atoms with Crippen molar-refractivity contribution in [3.63, 3.8) is 0 Å². The van der Waals surface area contributed by atoms with Crippen LogP contribution in [0.5, 0.6) is 11.6 Å². The summed E-state index contributed by atoms with van der Waals surface area (Å²) < 4.78 is 28.6. The number of halogens is 1. The number of phenolic OH excluding ortho intramolecular Hbond substituents is 1. The van der Waals surface area contributed by atoms with E-state index in [1.807, 2.05) is 0 Å².